The topological polar surface area (TPSA) is 120 Å². The number of Topliss-reactive ketones (excluding diaryl/α,β-unsaturated/α-hetero) is 1. The number of piperidine rings is 1. The molecule has 2 saturated heterocycles. The van der Waals surface area contributed by atoms with E-state index in [9.17, 15) is 19.2 Å². The number of nitrogens with one attached hydrogen (secondary N) is 2. The molecule has 6 rings (SSSR count). The number of hydrogen-bond acceptors (Lipinski definition) is 8. The van der Waals surface area contributed by atoms with Crippen LogP contribution in [0.2, 0.25) is 0 Å². The molecule has 2 N–H and O–H groups in total. The lowest BCUT2D eigenvalue weighted by Gasteiger charge is -2.60. The molecule has 2 aliphatic heterocycles. The zero-order valence-electron chi connectivity index (χ0n) is 25.9. The summed E-state index contributed by atoms with van der Waals surface area (Å²) in [7, 11) is 1.26. The molecule has 9 nitrogen and oxygen atoms in total. The van der Waals surface area contributed by atoms with Gasteiger partial charge in [0.15, 0.2) is 0 Å². The van der Waals surface area contributed by atoms with Crippen LogP contribution in [0, 0.1) is 46.3 Å². The first-order valence-corrected chi connectivity index (χ1v) is 16.5. The van der Waals surface area contributed by atoms with E-state index in [0.29, 0.717) is 47.7 Å². The highest BCUT2D eigenvalue weighted by Crippen LogP contribution is 2.70. The third-order valence-electron chi connectivity index (χ3n) is 13.1. The molecule has 6 aliphatic rings. The van der Waals surface area contributed by atoms with Crippen LogP contribution in [-0.2, 0) is 33.4 Å². The number of fused-ring (bicyclic) bond motifs is 7. The van der Waals surface area contributed by atoms with Crippen molar-refractivity contribution in [3.63, 3.8) is 0 Å². The Morgan fingerprint density at radius 3 is 2.57 bits per heavy atom. The largest absolute Gasteiger partial charge is 0.468 e. The Labute approximate surface area is 249 Å². The van der Waals surface area contributed by atoms with E-state index in [1.807, 2.05) is 0 Å². The summed E-state index contributed by atoms with van der Waals surface area (Å²) >= 11 is 0. The number of hydrogen-bond donors (Lipinski definition) is 2. The van der Waals surface area contributed by atoms with E-state index in [1.165, 1.54) is 20.0 Å². The standard InChI is InChI=1S/C33H50N2O7/c1-19-30-25(42-33(19)12-5-6-14-35-33)16-24-22-8-7-20-15-21(41-28(38)10-9-27(37)34-18-29(39)40-4)11-13-31(20,2)23(22)17-26(36)32(24,30)3/h19-25,30,35H,5-18H2,1-4H3,(H,34,37)/t19-,20-,21-,22?,23?,24?,25?,30?,31-,32+,33+/m0/s1. The molecule has 0 aromatic carbocycles. The highest BCUT2D eigenvalue weighted by molar-refractivity contribution is 5.87. The van der Waals surface area contributed by atoms with Gasteiger partial charge in [0.05, 0.1) is 19.6 Å². The molecule has 0 aromatic rings. The van der Waals surface area contributed by atoms with Gasteiger partial charge in [-0.05, 0) is 93.4 Å². The van der Waals surface area contributed by atoms with Crippen LogP contribution in [0.25, 0.3) is 0 Å². The van der Waals surface area contributed by atoms with Crippen LogP contribution in [0.5, 0.6) is 0 Å². The van der Waals surface area contributed by atoms with Crippen molar-refractivity contribution in [1.29, 1.82) is 0 Å². The van der Waals surface area contributed by atoms with E-state index in [-0.39, 0.29) is 60.0 Å². The second-order valence-electron chi connectivity index (χ2n) is 14.8. The lowest BCUT2D eigenvalue weighted by molar-refractivity contribution is -0.169. The minimum atomic E-state index is -0.529. The van der Waals surface area contributed by atoms with Crippen molar-refractivity contribution < 1.29 is 33.4 Å². The van der Waals surface area contributed by atoms with E-state index < -0.39 is 5.97 Å². The molecule has 11 atom stereocenters. The molecular formula is C33H50N2O7. The van der Waals surface area contributed by atoms with E-state index in [1.54, 1.807) is 0 Å². The normalized spacial score (nSPS) is 45.8. The fourth-order valence-corrected chi connectivity index (χ4v) is 10.9. The second-order valence-corrected chi connectivity index (χ2v) is 14.8. The lowest BCUT2D eigenvalue weighted by Crippen LogP contribution is -2.59. The van der Waals surface area contributed by atoms with Crippen LogP contribution in [0.15, 0.2) is 0 Å². The molecular weight excluding hydrogens is 536 g/mol. The van der Waals surface area contributed by atoms with Crippen LogP contribution in [0.3, 0.4) is 0 Å². The SMILES string of the molecule is COC(=O)CNC(=O)CCC(=O)O[C@H]1CC[C@]2(C)C3CC(=O)[C@@]4(C)C(CC5O[C@]6(CCCCN6)[C@@H](C)C54)C3CC[C@H]2C1. The molecule has 0 bridgehead atoms. The summed E-state index contributed by atoms with van der Waals surface area (Å²) in [6.07, 6.45) is 9.96. The van der Waals surface area contributed by atoms with Crippen molar-refractivity contribution >= 4 is 23.6 Å². The van der Waals surface area contributed by atoms with Gasteiger partial charge in [-0.15, -0.1) is 0 Å². The second kappa shape index (κ2) is 11.2. The van der Waals surface area contributed by atoms with Crippen LogP contribution in [-0.4, -0.2) is 61.8 Å². The van der Waals surface area contributed by atoms with Gasteiger partial charge in [0.2, 0.25) is 5.91 Å². The van der Waals surface area contributed by atoms with Crippen molar-refractivity contribution in [2.45, 2.75) is 116 Å². The first-order valence-electron chi connectivity index (χ1n) is 16.5. The first kappa shape index (κ1) is 30.0. The number of carbonyl (C=O) groups excluding carboxylic acids is 4. The quantitative estimate of drug-likeness (QED) is 0.450. The molecule has 234 valence electrons. The maximum absolute atomic E-state index is 14.3. The van der Waals surface area contributed by atoms with Gasteiger partial charge in [-0.2, -0.15) is 0 Å². The number of ether oxygens (including phenoxy) is 3. The third-order valence-corrected chi connectivity index (χ3v) is 13.1. The predicted molar refractivity (Wildman–Crippen MR) is 154 cm³/mol. The molecule has 2 heterocycles. The van der Waals surface area contributed by atoms with Gasteiger partial charge in [-0.3, -0.25) is 24.5 Å². The number of esters is 2. The highest BCUT2D eigenvalue weighted by Gasteiger charge is 2.71. The number of methoxy groups -OCH3 is 1. The Hall–Kier alpha value is -2.00. The van der Waals surface area contributed by atoms with Crippen LogP contribution < -0.4 is 10.6 Å². The summed E-state index contributed by atoms with van der Waals surface area (Å²) in [5.74, 6) is 1.58. The smallest absolute Gasteiger partial charge is 0.325 e. The number of ketones is 1. The van der Waals surface area contributed by atoms with E-state index in [4.69, 9.17) is 9.47 Å². The van der Waals surface area contributed by atoms with Crippen molar-refractivity contribution in [2.75, 3.05) is 20.2 Å². The van der Waals surface area contributed by atoms with Crippen LogP contribution in [0.4, 0.5) is 0 Å². The summed E-state index contributed by atoms with van der Waals surface area (Å²) in [5, 5.41) is 6.19. The van der Waals surface area contributed by atoms with Gasteiger partial charge >= 0.3 is 11.9 Å². The van der Waals surface area contributed by atoms with Gasteiger partial charge in [0, 0.05) is 30.1 Å². The molecule has 6 fully saturated rings. The van der Waals surface area contributed by atoms with Crippen molar-refractivity contribution in [2.24, 2.45) is 46.3 Å². The lowest BCUT2D eigenvalue weighted by atomic mass is 9.44. The zero-order chi connectivity index (χ0) is 29.9. The Kier molecular flexibility index (Phi) is 7.99. The monoisotopic (exact) mass is 586 g/mol. The number of carbonyl (C=O) groups is 4. The molecule has 1 amide bonds. The molecule has 1 spiro atoms. The Morgan fingerprint density at radius 1 is 1.02 bits per heavy atom. The summed E-state index contributed by atoms with van der Waals surface area (Å²) in [6, 6.07) is 0. The molecule has 9 heteroatoms. The summed E-state index contributed by atoms with van der Waals surface area (Å²) in [6.45, 7) is 7.84. The third kappa shape index (κ3) is 4.81. The number of rotatable bonds is 6. The summed E-state index contributed by atoms with van der Waals surface area (Å²) in [4.78, 5) is 50.0. The minimum absolute atomic E-state index is 0.00939. The van der Waals surface area contributed by atoms with E-state index >= 15 is 0 Å². The van der Waals surface area contributed by atoms with Crippen molar-refractivity contribution in [3.05, 3.63) is 0 Å². The molecule has 42 heavy (non-hydrogen) atoms. The molecule has 0 radical (unpaired) electrons. The Balaban J connectivity index is 1.07. The summed E-state index contributed by atoms with van der Waals surface area (Å²) in [5.41, 5.74) is -0.467. The van der Waals surface area contributed by atoms with Crippen molar-refractivity contribution in [3.8, 4) is 0 Å². The molecule has 5 unspecified atom stereocenters. The van der Waals surface area contributed by atoms with E-state index in [0.717, 1.165) is 51.5 Å². The predicted octanol–water partition coefficient (Wildman–Crippen LogP) is 3.92. The Bertz CT molecular complexity index is 1100. The summed E-state index contributed by atoms with van der Waals surface area (Å²) < 4.78 is 17.3. The zero-order valence-corrected chi connectivity index (χ0v) is 25.9. The number of amides is 1. The van der Waals surface area contributed by atoms with Crippen LogP contribution >= 0.6 is 0 Å². The molecule has 4 saturated carbocycles. The van der Waals surface area contributed by atoms with Gasteiger partial charge in [0.1, 0.15) is 24.2 Å². The minimum Gasteiger partial charge on any atom is -0.468 e. The fourth-order valence-electron chi connectivity index (χ4n) is 10.9. The van der Waals surface area contributed by atoms with Crippen molar-refractivity contribution in [1.82, 2.24) is 10.6 Å². The Morgan fingerprint density at radius 2 is 1.83 bits per heavy atom. The fraction of sp³-hybridized carbons (Fsp3) is 0.879. The van der Waals surface area contributed by atoms with Gasteiger partial charge in [-0.25, -0.2) is 0 Å². The average Bonchev–Trinajstić information content (AvgIpc) is 3.42. The molecule has 0 aromatic heterocycles. The van der Waals surface area contributed by atoms with Gasteiger partial charge in [-0.1, -0.05) is 20.8 Å². The maximum atomic E-state index is 14.3. The van der Waals surface area contributed by atoms with E-state index in [2.05, 4.69) is 36.1 Å². The average molecular weight is 587 g/mol. The van der Waals surface area contributed by atoms with Gasteiger partial charge in [0.25, 0.3) is 0 Å². The van der Waals surface area contributed by atoms with Gasteiger partial charge < -0.3 is 19.5 Å². The first-order chi connectivity index (χ1) is 20.0. The maximum Gasteiger partial charge on any atom is 0.325 e. The highest BCUT2D eigenvalue weighted by atomic mass is 16.5. The molecule has 4 aliphatic carbocycles. The van der Waals surface area contributed by atoms with Crippen LogP contribution in [0.1, 0.15) is 97.8 Å².